The standard InChI is InChI=1S/C13H23N3O2/c1-14-5-3-2-4-12(14)10-13(18)16-8-6-15(11-17)7-9-16/h11-12H,2-10H2,1H3. The van der Waals surface area contributed by atoms with E-state index in [2.05, 4.69) is 11.9 Å². The number of hydrogen-bond donors (Lipinski definition) is 0. The summed E-state index contributed by atoms with van der Waals surface area (Å²) >= 11 is 0. The van der Waals surface area contributed by atoms with Crippen molar-refractivity contribution in [1.82, 2.24) is 14.7 Å². The Kier molecular flexibility index (Phi) is 4.58. The second-order valence-corrected chi connectivity index (χ2v) is 5.36. The Hall–Kier alpha value is -1.10. The van der Waals surface area contributed by atoms with Gasteiger partial charge in [0.05, 0.1) is 0 Å². The van der Waals surface area contributed by atoms with E-state index in [0.29, 0.717) is 38.6 Å². The highest BCUT2D eigenvalue weighted by Crippen LogP contribution is 2.18. The van der Waals surface area contributed by atoms with Crippen LogP contribution in [0.15, 0.2) is 0 Å². The van der Waals surface area contributed by atoms with Crippen LogP contribution in [0.1, 0.15) is 25.7 Å². The molecule has 2 amide bonds. The zero-order valence-corrected chi connectivity index (χ0v) is 11.2. The molecule has 0 radical (unpaired) electrons. The molecule has 5 heteroatoms. The van der Waals surface area contributed by atoms with Crippen LogP contribution in [-0.2, 0) is 9.59 Å². The second-order valence-electron chi connectivity index (χ2n) is 5.36. The maximum Gasteiger partial charge on any atom is 0.224 e. The molecule has 2 aliphatic heterocycles. The molecule has 102 valence electrons. The van der Waals surface area contributed by atoms with E-state index in [9.17, 15) is 9.59 Å². The van der Waals surface area contributed by atoms with Gasteiger partial charge in [0.15, 0.2) is 0 Å². The average Bonchev–Trinajstić information content (AvgIpc) is 2.41. The lowest BCUT2D eigenvalue weighted by molar-refractivity contribution is -0.136. The third-order valence-electron chi connectivity index (χ3n) is 4.15. The van der Waals surface area contributed by atoms with Crippen molar-refractivity contribution < 1.29 is 9.59 Å². The average molecular weight is 253 g/mol. The van der Waals surface area contributed by atoms with Gasteiger partial charge in [0.1, 0.15) is 0 Å². The van der Waals surface area contributed by atoms with Crippen LogP contribution in [0.3, 0.4) is 0 Å². The predicted molar refractivity (Wildman–Crippen MR) is 69.1 cm³/mol. The van der Waals surface area contributed by atoms with Crippen LogP contribution in [0.25, 0.3) is 0 Å². The molecule has 0 N–H and O–H groups in total. The molecule has 2 saturated heterocycles. The van der Waals surface area contributed by atoms with E-state index < -0.39 is 0 Å². The lowest BCUT2D eigenvalue weighted by atomic mass is 9.99. The van der Waals surface area contributed by atoms with Crippen molar-refractivity contribution in [1.29, 1.82) is 0 Å². The minimum absolute atomic E-state index is 0.249. The van der Waals surface area contributed by atoms with Gasteiger partial charge in [-0.15, -0.1) is 0 Å². The van der Waals surface area contributed by atoms with E-state index in [1.54, 1.807) is 4.90 Å². The van der Waals surface area contributed by atoms with Crippen molar-refractivity contribution in [3.63, 3.8) is 0 Å². The van der Waals surface area contributed by atoms with E-state index in [4.69, 9.17) is 0 Å². The van der Waals surface area contributed by atoms with Crippen LogP contribution >= 0.6 is 0 Å². The third kappa shape index (κ3) is 3.22. The highest BCUT2D eigenvalue weighted by molar-refractivity contribution is 5.77. The first-order valence-electron chi connectivity index (χ1n) is 6.88. The van der Waals surface area contributed by atoms with E-state index in [-0.39, 0.29) is 5.91 Å². The van der Waals surface area contributed by atoms with Crippen molar-refractivity contribution in [2.75, 3.05) is 39.8 Å². The van der Waals surface area contributed by atoms with Crippen LogP contribution in [0, 0.1) is 0 Å². The first-order valence-corrected chi connectivity index (χ1v) is 6.88. The van der Waals surface area contributed by atoms with Crippen molar-refractivity contribution in [2.24, 2.45) is 0 Å². The fraction of sp³-hybridized carbons (Fsp3) is 0.846. The van der Waals surface area contributed by atoms with Crippen LogP contribution in [0.4, 0.5) is 0 Å². The first-order chi connectivity index (χ1) is 8.70. The monoisotopic (exact) mass is 253 g/mol. The number of carbonyl (C=O) groups is 2. The summed E-state index contributed by atoms with van der Waals surface area (Å²) in [6.45, 7) is 3.84. The largest absolute Gasteiger partial charge is 0.342 e. The fourth-order valence-electron chi connectivity index (χ4n) is 2.81. The molecule has 2 aliphatic rings. The molecule has 2 fully saturated rings. The van der Waals surface area contributed by atoms with Gasteiger partial charge in [-0.1, -0.05) is 6.42 Å². The molecule has 1 unspecified atom stereocenters. The Morgan fingerprint density at radius 1 is 1.17 bits per heavy atom. The summed E-state index contributed by atoms with van der Waals surface area (Å²) in [4.78, 5) is 28.8. The normalized spacial score (nSPS) is 26.2. The molecule has 18 heavy (non-hydrogen) atoms. The van der Waals surface area contributed by atoms with Crippen LogP contribution in [-0.4, -0.2) is 72.8 Å². The summed E-state index contributed by atoms with van der Waals surface area (Å²) in [5.74, 6) is 0.249. The summed E-state index contributed by atoms with van der Waals surface area (Å²) in [5, 5.41) is 0. The van der Waals surface area contributed by atoms with E-state index >= 15 is 0 Å². The molecule has 0 spiro atoms. The molecule has 0 saturated carbocycles. The van der Waals surface area contributed by atoms with E-state index in [1.807, 2.05) is 4.90 Å². The molecule has 2 heterocycles. The van der Waals surface area contributed by atoms with E-state index in [1.165, 1.54) is 12.8 Å². The lowest BCUT2D eigenvalue weighted by Gasteiger charge is -2.36. The summed E-state index contributed by atoms with van der Waals surface area (Å²) in [6.07, 6.45) is 5.13. The van der Waals surface area contributed by atoms with Gasteiger partial charge in [0, 0.05) is 38.6 Å². The number of amides is 2. The molecule has 0 aromatic heterocycles. The number of carbonyl (C=O) groups excluding carboxylic acids is 2. The number of nitrogens with zero attached hydrogens (tertiary/aromatic N) is 3. The summed E-state index contributed by atoms with van der Waals surface area (Å²) in [6, 6.07) is 0.412. The molecular weight excluding hydrogens is 230 g/mol. The van der Waals surface area contributed by atoms with Gasteiger partial charge in [0.2, 0.25) is 12.3 Å². The van der Waals surface area contributed by atoms with Gasteiger partial charge in [-0.2, -0.15) is 0 Å². The topological polar surface area (TPSA) is 43.9 Å². The van der Waals surface area contributed by atoms with Crippen molar-refractivity contribution >= 4 is 12.3 Å². The van der Waals surface area contributed by atoms with Gasteiger partial charge in [-0.3, -0.25) is 9.59 Å². The molecule has 0 bridgehead atoms. The summed E-state index contributed by atoms with van der Waals surface area (Å²) in [5.41, 5.74) is 0. The molecule has 0 aliphatic carbocycles. The number of rotatable bonds is 3. The van der Waals surface area contributed by atoms with E-state index in [0.717, 1.165) is 19.4 Å². The lowest BCUT2D eigenvalue weighted by Crippen LogP contribution is -2.49. The highest BCUT2D eigenvalue weighted by Gasteiger charge is 2.26. The van der Waals surface area contributed by atoms with Crippen molar-refractivity contribution in [3.8, 4) is 0 Å². The van der Waals surface area contributed by atoms with Gasteiger partial charge >= 0.3 is 0 Å². The van der Waals surface area contributed by atoms with Crippen molar-refractivity contribution in [3.05, 3.63) is 0 Å². The second kappa shape index (κ2) is 6.18. The minimum atomic E-state index is 0.249. The molecular formula is C13H23N3O2. The Balaban J connectivity index is 1.79. The first kappa shape index (κ1) is 13.3. The molecule has 0 aromatic rings. The Morgan fingerprint density at radius 3 is 2.50 bits per heavy atom. The molecule has 1 atom stereocenters. The minimum Gasteiger partial charge on any atom is -0.342 e. The predicted octanol–water partition coefficient (Wildman–Crippen LogP) is 0.161. The Labute approximate surface area is 109 Å². The highest BCUT2D eigenvalue weighted by atomic mass is 16.2. The quantitative estimate of drug-likeness (QED) is 0.673. The Morgan fingerprint density at radius 2 is 1.89 bits per heavy atom. The molecule has 5 nitrogen and oxygen atoms in total. The smallest absolute Gasteiger partial charge is 0.224 e. The van der Waals surface area contributed by atoms with Gasteiger partial charge in [-0.05, 0) is 26.4 Å². The molecule has 0 aromatic carbocycles. The van der Waals surface area contributed by atoms with Crippen LogP contribution in [0.2, 0.25) is 0 Å². The van der Waals surface area contributed by atoms with Gasteiger partial charge in [0.25, 0.3) is 0 Å². The zero-order valence-electron chi connectivity index (χ0n) is 11.2. The number of piperazine rings is 1. The fourth-order valence-corrected chi connectivity index (χ4v) is 2.81. The summed E-state index contributed by atoms with van der Waals surface area (Å²) in [7, 11) is 2.11. The number of hydrogen-bond acceptors (Lipinski definition) is 3. The van der Waals surface area contributed by atoms with Gasteiger partial charge in [-0.25, -0.2) is 0 Å². The molecule has 2 rings (SSSR count). The number of likely N-dealkylation sites (tertiary alicyclic amines) is 1. The maximum absolute atomic E-state index is 12.2. The van der Waals surface area contributed by atoms with Crippen molar-refractivity contribution in [2.45, 2.75) is 31.7 Å². The van der Waals surface area contributed by atoms with Gasteiger partial charge < -0.3 is 14.7 Å². The van der Waals surface area contributed by atoms with Crippen LogP contribution < -0.4 is 0 Å². The maximum atomic E-state index is 12.2. The zero-order chi connectivity index (χ0) is 13.0. The third-order valence-corrected chi connectivity index (χ3v) is 4.15. The van der Waals surface area contributed by atoms with Crippen LogP contribution in [0.5, 0.6) is 0 Å². The Bertz CT molecular complexity index is 301. The number of piperidine rings is 1. The summed E-state index contributed by atoms with van der Waals surface area (Å²) < 4.78 is 0. The SMILES string of the molecule is CN1CCCCC1CC(=O)N1CCN(C=O)CC1.